The summed E-state index contributed by atoms with van der Waals surface area (Å²) in [5, 5.41) is 30.7. The lowest BCUT2D eigenvalue weighted by molar-refractivity contribution is -0.384. The predicted octanol–water partition coefficient (Wildman–Crippen LogP) is 2.14. The molecule has 0 radical (unpaired) electrons. The van der Waals surface area contributed by atoms with Gasteiger partial charge in [0, 0.05) is 17.1 Å². The number of hydrogen-bond donors (Lipinski definition) is 3. The van der Waals surface area contributed by atoms with Gasteiger partial charge in [0.05, 0.1) is 23.2 Å². The molecule has 112 valence electrons. The van der Waals surface area contributed by atoms with Gasteiger partial charge < -0.3 is 15.5 Å². The first kappa shape index (κ1) is 16.7. The molecule has 1 aromatic rings. The second-order valence-electron chi connectivity index (χ2n) is 3.82. The average molecular weight is 359 g/mol. The highest BCUT2D eigenvalue weighted by atomic mass is 79.9. The largest absolute Gasteiger partial charge is 0.418 e. The quantitative estimate of drug-likeness (QED) is 0.553. The third kappa shape index (κ3) is 4.05. The summed E-state index contributed by atoms with van der Waals surface area (Å²) < 4.78 is 38.6. The van der Waals surface area contributed by atoms with Gasteiger partial charge in [-0.25, -0.2) is 0 Å². The van der Waals surface area contributed by atoms with Crippen LogP contribution in [0.3, 0.4) is 0 Å². The van der Waals surface area contributed by atoms with E-state index in [4.69, 9.17) is 10.2 Å². The van der Waals surface area contributed by atoms with Gasteiger partial charge in [-0.2, -0.15) is 13.2 Å². The smallest absolute Gasteiger partial charge is 0.394 e. The van der Waals surface area contributed by atoms with E-state index in [1.54, 1.807) is 0 Å². The monoisotopic (exact) mass is 358 g/mol. The van der Waals surface area contributed by atoms with Crippen LogP contribution in [0.15, 0.2) is 16.6 Å². The molecule has 1 unspecified atom stereocenters. The van der Waals surface area contributed by atoms with Gasteiger partial charge >= 0.3 is 6.18 Å². The molecule has 0 saturated heterocycles. The van der Waals surface area contributed by atoms with Crippen molar-refractivity contribution in [2.75, 3.05) is 18.5 Å². The number of nitrogens with one attached hydrogen (secondary N) is 1. The summed E-state index contributed by atoms with van der Waals surface area (Å²) in [5.41, 5.74) is -2.77. The fourth-order valence-corrected chi connectivity index (χ4v) is 1.88. The number of aliphatic hydroxyl groups is 2. The SMILES string of the molecule is O=[N+]([O-])c1cc(Br)cc(C(F)(F)F)c1NCC(O)CO. The zero-order valence-corrected chi connectivity index (χ0v) is 11.4. The number of alkyl halides is 3. The van der Waals surface area contributed by atoms with Crippen LogP contribution in [-0.4, -0.2) is 34.4 Å². The van der Waals surface area contributed by atoms with Gasteiger partial charge in [-0.15, -0.1) is 0 Å². The van der Waals surface area contributed by atoms with Crippen LogP contribution in [0.5, 0.6) is 0 Å². The van der Waals surface area contributed by atoms with Crippen LogP contribution >= 0.6 is 15.9 Å². The standard InChI is InChI=1S/C10H10BrF3N2O4/c11-5-1-7(10(12,13)14)9(8(2-5)16(19)20)15-3-6(18)4-17/h1-2,6,15,17-18H,3-4H2. The Kier molecular flexibility index (Phi) is 5.31. The summed E-state index contributed by atoms with van der Waals surface area (Å²) in [6.07, 6.45) is -6.14. The molecule has 0 aromatic heterocycles. The van der Waals surface area contributed by atoms with Crippen LogP contribution < -0.4 is 5.32 Å². The van der Waals surface area contributed by atoms with E-state index in [2.05, 4.69) is 21.2 Å². The number of halogens is 4. The third-order valence-corrected chi connectivity index (χ3v) is 2.77. The highest BCUT2D eigenvalue weighted by Crippen LogP contribution is 2.41. The summed E-state index contributed by atoms with van der Waals surface area (Å²) in [6.45, 7) is -1.14. The zero-order chi connectivity index (χ0) is 15.5. The average Bonchev–Trinajstić information content (AvgIpc) is 2.34. The number of aliphatic hydroxyl groups excluding tert-OH is 2. The number of nitrogens with zero attached hydrogens (tertiary/aromatic N) is 1. The van der Waals surface area contributed by atoms with Crippen molar-refractivity contribution in [1.29, 1.82) is 0 Å². The Hall–Kier alpha value is -1.39. The fourth-order valence-electron chi connectivity index (χ4n) is 1.43. The van der Waals surface area contributed by atoms with Gasteiger partial charge in [0.2, 0.25) is 0 Å². The maximum absolute atomic E-state index is 12.9. The number of rotatable bonds is 5. The van der Waals surface area contributed by atoms with E-state index in [0.29, 0.717) is 6.07 Å². The summed E-state index contributed by atoms with van der Waals surface area (Å²) in [5.74, 6) is 0. The minimum Gasteiger partial charge on any atom is -0.394 e. The van der Waals surface area contributed by atoms with Gasteiger partial charge in [0.25, 0.3) is 5.69 Å². The lowest BCUT2D eigenvalue weighted by Crippen LogP contribution is -2.24. The summed E-state index contributed by atoms with van der Waals surface area (Å²) in [7, 11) is 0. The van der Waals surface area contributed by atoms with Crippen LogP contribution in [0.4, 0.5) is 24.5 Å². The van der Waals surface area contributed by atoms with E-state index < -0.39 is 47.3 Å². The van der Waals surface area contributed by atoms with Crippen molar-refractivity contribution in [2.45, 2.75) is 12.3 Å². The van der Waals surface area contributed by atoms with Crippen LogP contribution in [0.1, 0.15) is 5.56 Å². The molecule has 0 fully saturated rings. The van der Waals surface area contributed by atoms with Crippen LogP contribution in [-0.2, 0) is 6.18 Å². The molecule has 0 amide bonds. The lowest BCUT2D eigenvalue weighted by Gasteiger charge is -2.16. The molecule has 0 bridgehead atoms. The van der Waals surface area contributed by atoms with E-state index in [9.17, 15) is 23.3 Å². The van der Waals surface area contributed by atoms with Crippen molar-refractivity contribution in [3.05, 3.63) is 32.3 Å². The Bertz CT molecular complexity index is 510. The lowest BCUT2D eigenvalue weighted by atomic mass is 10.1. The highest BCUT2D eigenvalue weighted by molar-refractivity contribution is 9.10. The molecule has 0 saturated carbocycles. The third-order valence-electron chi connectivity index (χ3n) is 2.31. The van der Waals surface area contributed by atoms with Crippen molar-refractivity contribution in [3.8, 4) is 0 Å². The number of hydrogen-bond acceptors (Lipinski definition) is 5. The van der Waals surface area contributed by atoms with Gasteiger partial charge in [-0.3, -0.25) is 10.1 Å². The molecule has 0 aliphatic heterocycles. The molecular formula is C10H10BrF3N2O4. The normalized spacial score (nSPS) is 13.1. The van der Waals surface area contributed by atoms with Gasteiger partial charge in [-0.05, 0) is 6.07 Å². The molecule has 0 heterocycles. The Balaban J connectivity index is 3.31. The first-order chi connectivity index (χ1) is 9.16. The minimum absolute atomic E-state index is 0.0928. The van der Waals surface area contributed by atoms with E-state index in [-0.39, 0.29) is 4.47 Å². The second kappa shape index (κ2) is 6.37. The molecule has 0 spiro atoms. The number of nitro groups is 1. The first-order valence-corrected chi connectivity index (χ1v) is 6.04. The predicted molar refractivity (Wildman–Crippen MR) is 67.4 cm³/mol. The molecule has 3 N–H and O–H groups in total. The molecular weight excluding hydrogens is 349 g/mol. The second-order valence-corrected chi connectivity index (χ2v) is 4.74. The van der Waals surface area contributed by atoms with E-state index in [0.717, 1.165) is 6.07 Å². The van der Waals surface area contributed by atoms with Crippen molar-refractivity contribution in [1.82, 2.24) is 0 Å². The Labute approximate surface area is 119 Å². The summed E-state index contributed by atoms with van der Waals surface area (Å²) >= 11 is 2.78. The zero-order valence-electron chi connectivity index (χ0n) is 9.82. The number of anilines is 1. The van der Waals surface area contributed by atoms with Gasteiger partial charge in [0.15, 0.2) is 0 Å². The fraction of sp³-hybridized carbons (Fsp3) is 0.400. The molecule has 1 rings (SSSR count). The molecule has 1 atom stereocenters. The summed E-state index contributed by atoms with van der Waals surface area (Å²) in [4.78, 5) is 9.87. The first-order valence-electron chi connectivity index (χ1n) is 5.24. The minimum atomic E-state index is -4.80. The van der Waals surface area contributed by atoms with Crippen molar-refractivity contribution >= 4 is 27.3 Å². The van der Waals surface area contributed by atoms with Gasteiger partial charge in [-0.1, -0.05) is 15.9 Å². The van der Waals surface area contributed by atoms with E-state index >= 15 is 0 Å². The summed E-state index contributed by atoms with van der Waals surface area (Å²) in [6, 6.07) is 1.61. The van der Waals surface area contributed by atoms with Crippen molar-refractivity contribution < 1.29 is 28.3 Å². The Morgan fingerprint density at radius 1 is 1.45 bits per heavy atom. The molecule has 1 aromatic carbocycles. The van der Waals surface area contributed by atoms with Gasteiger partial charge in [0.1, 0.15) is 5.69 Å². The molecule has 10 heteroatoms. The van der Waals surface area contributed by atoms with E-state index in [1.165, 1.54) is 0 Å². The number of benzene rings is 1. The molecule has 0 aliphatic carbocycles. The topological polar surface area (TPSA) is 95.6 Å². The van der Waals surface area contributed by atoms with E-state index in [1.807, 2.05) is 0 Å². The maximum Gasteiger partial charge on any atom is 0.418 e. The maximum atomic E-state index is 12.9. The van der Waals surface area contributed by atoms with Crippen LogP contribution in [0, 0.1) is 10.1 Å². The molecule has 20 heavy (non-hydrogen) atoms. The Morgan fingerprint density at radius 3 is 2.50 bits per heavy atom. The molecule has 0 aliphatic rings. The Morgan fingerprint density at radius 2 is 2.05 bits per heavy atom. The van der Waals surface area contributed by atoms with Crippen LogP contribution in [0.2, 0.25) is 0 Å². The van der Waals surface area contributed by atoms with Crippen molar-refractivity contribution in [3.63, 3.8) is 0 Å². The number of nitro benzene ring substituents is 1. The van der Waals surface area contributed by atoms with Crippen molar-refractivity contribution in [2.24, 2.45) is 0 Å². The van der Waals surface area contributed by atoms with Crippen LogP contribution in [0.25, 0.3) is 0 Å². The highest BCUT2D eigenvalue weighted by Gasteiger charge is 2.37. The molecule has 6 nitrogen and oxygen atoms in total.